The van der Waals surface area contributed by atoms with Gasteiger partial charge in [-0.1, -0.05) is 25.0 Å². The van der Waals surface area contributed by atoms with Crippen LogP contribution in [0.4, 0.5) is 10.5 Å². The molecule has 1 aliphatic carbocycles. The Kier molecular flexibility index (Phi) is 5.05. The maximum atomic E-state index is 11.9. The summed E-state index contributed by atoms with van der Waals surface area (Å²) in [6.07, 6.45) is 7.22. The van der Waals surface area contributed by atoms with Gasteiger partial charge in [0.15, 0.2) is 0 Å². The van der Waals surface area contributed by atoms with Crippen molar-refractivity contribution in [2.24, 2.45) is 0 Å². The van der Waals surface area contributed by atoms with Crippen molar-refractivity contribution < 1.29 is 9.59 Å². The molecule has 0 saturated heterocycles. The van der Waals surface area contributed by atoms with Crippen molar-refractivity contribution in [3.63, 3.8) is 0 Å². The number of anilines is 1. The van der Waals surface area contributed by atoms with Gasteiger partial charge in [-0.3, -0.25) is 10.1 Å². The quantitative estimate of drug-likeness (QED) is 0.771. The van der Waals surface area contributed by atoms with Crippen molar-refractivity contribution in [1.82, 2.24) is 25.4 Å². The molecule has 8 heteroatoms. The van der Waals surface area contributed by atoms with Crippen LogP contribution in [0.15, 0.2) is 36.9 Å². The highest BCUT2D eigenvalue weighted by Crippen LogP contribution is 2.18. The number of carbonyl (C=O) groups is 2. The first-order chi connectivity index (χ1) is 11.7. The summed E-state index contributed by atoms with van der Waals surface area (Å²) in [6, 6.07) is 7.17. The van der Waals surface area contributed by atoms with Crippen molar-refractivity contribution >= 4 is 17.6 Å². The predicted molar refractivity (Wildman–Crippen MR) is 88.8 cm³/mol. The Morgan fingerprint density at radius 3 is 2.75 bits per heavy atom. The molecule has 0 aliphatic heterocycles. The summed E-state index contributed by atoms with van der Waals surface area (Å²) in [5.41, 5.74) is 1.51. The minimum Gasteiger partial charge on any atom is -0.374 e. The molecule has 0 bridgehead atoms. The standard InChI is InChI=1S/C16H20N6O2/c23-15(21-16(24)20-12-5-1-2-6-12)9-18-13-7-3-4-8-14(13)22-11-17-10-19-22/h3-4,7-8,10-12,18H,1-2,5-6,9H2,(H2,20,21,23,24). The summed E-state index contributed by atoms with van der Waals surface area (Å²) in [4.78, 5) is 27.6. The van der Waals surface area contributed by atoms with Crippen LogP contribution in [-0.4, -0.2) is 39.3 Å². The average Bonchev–Trinajstić information content (AvgIpc) is 3.26. The lowest BCUT2D eigenvalue weighted by Gasteiger charge is -2.13. The first kappa shape index (κ1) is 16.0. The molecule has 8 nitrogen and oxygen atoms in total. The molecule has 0 spiro atoms. The van der Waals surface area contributed by atoms with Crippen LogP contribution in [-0.2, 0) is 4.79 Å². The van der Waals surface area contributed by atoms with E-state index in [1.807, 2.05) is 24.3 Å². The van der Waals surface area contributed by atoms with Crippen molar-refractivity contribution in [3.8, 4) is 5.69 Å². The number of nitrogens with one attached hydrogen (secondary N) is 3. The number of carbonyl (C=O) groups excluding carboxylic acids is 2. The number of hydrogen-bond acceptors (Lipinski definition) is 5. The Labute approximate surface area is 139 Å². The van der Waals surface area contributed by atoms with Crippen LogP contribution in [0.3, 0.4) is 0 Å². The molecule has 3 rings (SSSR count). The van der Waals surface area contributed by atoms with Crippen LogP contribution in [0.2, 0.25) is 0 Å². The largest absolute Gasteiger partial charge is 0.374 e. The summed E-state index contributed by atoms with van der Waals surface area (Å²) < 4.78 is 1.60. The van der Waals surface area contributed by atoms with E-state index in [1.54, 1.807) is 11.0 Å². The average molecular weight is 328 g/mol. The van der Waals surface area contributed by atoms with E-state index in [4.69, 9.17) is 0 Å². The highest BCUT2D eigenvalue weighted by molar-refractivity contribution is 5.96. The number of aromatic nitrogens is 3. The molecule has 24 heavy (non-hydrogen) atoms. The third-order valence-corrected chi connectivity index (χ3v) is 3.95. The third-order valence-electron chi connectivity index (χ3n) is 3.95. The normalized spacial score (nSPS) is 14.3. The molecule has 0 atom stereocenters. The molecule has 0 radical (unpaired) electrons. The molecule has 1 aromatic carbocycles. The van der Waals surface area contributed by atoms with Gasteiger partial charge in [-0.05, 0) is 25.0 Å². The Balaban J connectivity index is 1.52. The van der Waals surface area contributed by atoms with Crippen LogP contribution in [0.5, 0.6) is 0 Å². The second-order valence-electron chi connectivity index (χ2n) is 5.71. The molecule has 3 amide bonds. The number of hydrogen-bond donors (Lipinski definition) is 3. The molecule has 2 aromatic rings. The molecule has 1 aromatic heterocycles. The van der Waals surface area contributed by atoms with E-state index >= 15 is 0 Å². The molecule has 1 saturated carbocycles. The van der Waals surface area contributed by atoms with E-state index in [0.717, 1.165) is 37.1 Å². The zero-order valence-corrected chi connectivity index (χ0v) is 13.2. The summed E-state index contributed by atoms with van der Waals surface area (Å²) in [5, 5.41) is 12.3. The highest BCUT2D eigenvalue weighted by Gasteiger charge is 2.18. The maximum Gasteiger partial charge on any atom is 0.321 e. The van der Waals surface area contributed by atoms with E-state index in [9.17, 15) is 9.59 Å². The van der Waals surface area contributed by atoms with E-state index < -0.39 is 6.03 Å². The third kappa shape index (κ3) is 4.09. The number of amides is 3. The van der Waals surface area contributed by atoms with Crippen LogP contribution < -0.4 is 16.0 Å². The van der Waals surface area contributed by atoms with Gasteiger partial charge in [0, 0.05) is 6.04 Å². The fraction of sp³-hybridized carbons (Fsp3) is 0.375. The number of urea groups is 1. The van der Waals surface area contributed by atoms with E-state index in [-0.39, 0.29) is 18.5 Å². The van der Waals surface area contributed by atoms with Gasteiger partial charge in [-0.15, -0.1) is 0 Å². The van der Waals surface area contributed by atoms with Crippen molar-refractivity contribution in [2.45, 2.75) is 31.7 Å². The van der Waals surface area contributed by atoms with Gasteiger partial charge in [0.2, 0.25) is 5.91 Å². The first-order valence-corrected chi connectivity index (χ1v) is 8.00. The van der Waals surface area contributed by atoms with E-state index in [2.05, 4.69) is 26.0 Å². The van der Waals surface area contributed by atoms with Gasteiger partial charge in [-0.2, -0.15) is 5.10 Å². The summed E-state index contributed by atoms with van der Waals surface area (Å²) in [7, 11) is 0. The van der Waals surface area contributed by atoms with Crippen molar-refractivity contribution in [3.05, 3.63) is 36.9 Å². The Bertz CT molecular complexity index is 694. The van der Waals surface area contributed by atoms with Gasteiger partial charge < -0.3 is 10.6 Å². The van der Waals surface area contributed by atoms with Gasteiger partial charge in [0.25, 0.3) is 0 Å². The topological polar surface area (TPSA) is 101 Å². The summed E-state index contributed by atoms with van der Waals surface area (Å²) in [6.45, 7) is -0.0101. The molecule has 1 aliphatic rings. The van der Waals surface area contributed by atoms with Crippen molar-refractivity contribution in [1.29, 1.82) is 0 Å². The Morgan fingerprint density at radius 1 is 1.21 bits per heavy atom. The first-order valence-electron chi connectivity index (χ1n) is 8.00. The molecule has 3 N–H and O–H groups in total. The molecular formula is C16H20N6O2. The van der Waals surface area contributed by atoms with E-state index in [1.165, 1.54) is 6.33 Å². The minimum atomic E-state index is -0.432. The SMILES string of the molecule is O=C(CNc1ccccc1-n1cncn1)NC(=O)NC1CCCC1. The fourth-order valence-electron chi connectivity index (χ4n) is 2.79. The van der Waals surface area contributed by atoms with Gasteiger partial charge in [-0.25, -0.2) is 14.5 Å². The molecule has 1 fully saturated rings. The zero-order valence-electron chi connectivity index (χ0n) is 13.2. The van der Waals surface area contributed by atoms with Gasteiger partial charge in [0.05, 0.1) is 17.9 Å². The smallest absolute Gasteiger partial charge is 0.321 e. The second-order valence-corrected chi connectivity index (χ2v) is 5.71. The molecule has 0 unspecified atom stereocenters. The molecular weight excluding hydrogens is 308 g/mol. The fourth-order valence-corrected chi connectivity index (χ4v) is 2.79. The number of nitrogens with zero attached hydrogens (tertiary/aromatic N) is 3. The van der Waals surface area contributed by atoms with E-state index in [0.29, 0.717) is 0 Å². The monoisotopic (exact) mass is 328 g/mol. The predicted octanol–water partition coefficient (Wildman–Crippen LogP) is 1.45. The summed E-state index contributed by atoms with van der Waals surface area (Å²) >= 11 is 0. The summed E-state index contributed by atoms with van der Waals surface area (Å²) in [5.74, 6) is -0.390. The Hall–Kier alpha value is -2.90. The number of rotatable bonds is 5. The maximum absolute atomic E-state index is 11.9. The lowest BCUT2D eigenvalue weighted by atomic mass is 10.2. The molecule has 126 valence electrons. The number of para-hydroxylation sites is 2. The van der Waals surface area contributed by atoms with Gasteiger partial charge >= 0.3 is 6.03 Å². The Morgan fingerprint density at radius 2 is 2.00 bits per heavy atom. The molecule has 1 heterocycles. The van der Waals surface area contributed by atoms with Crippen molar-refractivity contribution in [2.75, 3.05) is 11.9 Å². The zero-order chi connectivity index (χ0) is 16.8. The number of benzene rings is 1. The number of imide groups is 1. The van der Waals surface area contributed by atoms with Crippen LogP contribution >= 0.6 is 0 Å². The second kappa shape index (κ2) is 7.58. The minimum absolute atomic E-state index is 0.0101. The van der Waals surface area contributed by atoms with Crippen LogP contribution in [0.1, 0.15) is 25.7 Å². The van der Waals surface area contributed by atoms with Crippen LogP contribution in [0, 0.1) is 0 Å². The van der Waals surface area contributed by atoms with Crippen LogP contribution in [0.25, 0.3) is 5.69 Å². The lowest BCUT2D eigenvalue weighted by Crippen LogP contribution is -2.45. The lowest BCUT2D eigenvalue weighted by molar-refractivity contribution is -0.118. The van der Waals surface area contributed by atoms with Gasteiger partial charge in [0.1, 0.15) is 12.7 Å². The highest BCUT2D eigenvalue weighted by atomic mass is 16.2.